The Morgan fingerprint density at radius 2 is 1.88 bits per heavy atom. The van der Waals surface area contributed by atoms with Gasteiger partial charge in [-0.3, -0.25) is 4.90 Å². The third-order valence-electron chi connectivity index (χ3n) is 2.67. The van der Waals surface area contributed by atoms with Gasteiger partial charge in [-0.2, -0.15) is 0 Å². The fourth-order valence-corrected chi connectivity index (χ4v) is 1.69. The Hall–Kier alpha value is -1.26. The molecule has 88 valence electrons. The lowest BCUT2D eigenvalue weighted by molar-refractivity contribution is -0.00387. The van der Waals surface area contributed by atoms with Gasteiger partial charge in [0, 0.05) is 19.6 Å². The van der Waals surface area contributed by atoms with Crippen molar-refractivity contribution in [3.63, 3.8) is 0 Å². The van der Waals surface area contributed by atoms with Gasteiger partial charge in [-0.1, -0.05) is 0 Å². The summed E-state index contributed by atoms with van der Waals surface area (Å²) in [4.78, 5) is 2.16. The van der Waals surface area contributed by atoms with Crippen molar-refractivity contribution >= 4 is 0 Å². The quantitative estimate of drug-likeness (QED) is 0.800. The number of hydrogen-bond acceptors (Lipinski definition) is 4. The largest absolute Gasteiger partial charge is 0.497 e. The second-order valence-corrected chi connectivity index (χ2v) is 3.94. The number of likely N-dealkylation sites (tertiary alicyclic amines) is 1. The highest BCUT2D eigenvalue weighted by Crippen LogP contribution is 2.17. The monoisotopic (exact) mass is 223 g/mol. The van der Waals surface area contributed by atoms with Gasteiger partial charge in [0.15, 0.2) is 0 Å². The van der Waals surface area contributed by atoms with Crippen LogP contribution >= 0.6 is 0 Å². The lowest BCUT2D eigenvalue weighted by Crippen LogP contribution is -2.51. The van der Waals surface area contributed by atoms with Crippen LogP contribution in [0.5, 0.6) is 11.5 Å². The third-order valence-corrected chi connectivity index (χ3v) is 2.67. The van der Waals surface area contributed by atoms with E-state index in [9.17, 15) is 0 Å². The average Bonchev–Trinajstić information content (AvgIpc) is 2.27. The number of benzene rings is 1. The highest BCUT2D eigenvalue weighted by Gasteiger charge is 2.23. The van der Waals surface area contributed by atoms with E-state index in [2.05, 4.69) is 4.90 Å². The van der Waals surface area contributed by atoms with Gasteiger partial charge in [0.2, 0.25) is 0 Å². The van der Waals surface area contributed by atoms with E-state index in [1.165, 1.54) is 0 Å². The molecule has 1 fully saturated rings. The summed E-state index contributed by atoms with van der Waals surface area (Å²) in [5.41, 5.74) is 0. The Morgan fingerprint density at radius 3 is 2.44 bits per heavy atom. The molecule has 0 atom stereocenters. The molecule has 0 bridgehead atoms. The lowest BCUT2D eigenvalue weighted by atomic mass is 10.2. The second-order valence-electron chi connectivity index (χ2n) is 3.94. The van der Waals surface area contributed by atoms with Gasteiger partial charge in [-0.15, -0.1) is 0 Å². The molecule has 16 heavy (non-hydrogen) atoms. The SMILES string of the molecule is COc1ccc(OCCN2CC(O)C2)cc1. The van der Waals surface area contributed by atoms with Gasteiger partial charge in [0.25, 0.3) is 0 Å². The van der Waals surface area contributed by atoms with E-state index >= 15 is 0 Å². The molecule has 4 heteroatoms. The number of nitrogens with zero attached hydrogens (tertiary/aromatic N) is 1. The predicted molar refractivity (Wildman–Crippen MR) is 60.9 cm³/mol. The van der Waals surface area contributed by atoms with Gasteiger partial charge in [-0.25, -0.2) is 0 Å². The van der Waals surface area contributed by atoms with Crippen LogP contribution in [-0.4, -0.2) is 49.5 Å². The Bertz CT molecular complexity index is 320. The first-order valence-electron chi connectivity index (χ1n) is 5.45. The van der Waals surface area contributed by atoms with Crippen molar-refractivity contribution in [1.82, 2.24) is 4.90 Å². The molecule has 0 aliphatic carbocycles. The molecule has 0 amide bonds. The van der Waals surface area contributed by atoms with Gasteiger partial charge < -0.3 is 14.6 Å². The molecule has 1 aliphatic heterocycles. The lowest BCUT2D eigenvalue weighted by Gasteiger charge is -2.35. The molecule has 4 nitrogen and oxygen atoms in total. The molecule has 1 N–H and O–H groups in total. The zero-order valence-electron chi connectivity index (χ0n) is 9.43. The third kappa shape index (κ3) is 2.87. The minimum absolute atomic E-state index is 0.138. The van der Waals surface area contributed by atoms with Crippen molar-refractivity contribution in [3.8, 4) is 11.5 Å². The maximum absolute atomic E-state index is 9.10. The number of β-amino-alcohol motifs (C(OH)–C–C–N with tert-alkyl or cyclic N) is 1. The van der Waals surface area contributed by atoms with Crippen LogP contribution in [-0.2, 0) is 0 Å². The van der Waals surface area contributed by atoms with E-state index in [4.69, 9.17) is 14.6 Å². The van der Waals surface area contributed by atoms with Gasteiger partial charge in [0.05, 0.1) is 13.2 Å². The van der Waals surface area contributed by atoms with E-state index < -0.39 is 0 Å². The first kappa shape index (κ1) is 11.2. The van der Waals surface area contributed by atoms with Crippen molar-refractivity contribution in [3.05, 3.63) is 24.3 Å². The van der Waals surface area contributed by atoms with Gasteiger partial charge in [0.1, 0.15) is 18.1 Å². The summed E-state index contributed by atoms with van der Waals surface area (Å²) in [7, 11) is 1.64. The first-order valence-corrected chi connectivity index (χ1v) is 5.45. The summed E-state index contributed by atoms with van der Waals surface area (Å²) in [5.74, 6) is 1.68. The number of aliphatic hydroxyl groups is 1. The molecule has 0 radical (unpaired) electrons. The first-order chi connectivity index (χ1) is 7.78. The minimum Gasteiger partial charge on any atom is -0.497 e. The van der Waals surface area contributed by atoms with Crippen LogP contribution in [0.25, 0.3) is 0 Å². The molecule has 0 saturated carbocycles. The summed E-state index contributed by atoms with van der Waals surface area (Å²) >= 11 is 0. The number of rotatable bonds is 5. The molecule has 1 heterocycles. The molecule has 0 spiro atoms. The van der Waals surface area contributed by atoms with E-state index in [0.717, 1.165) is 31.1 Å². The normalized spacial score (nSPS) is 16.9. The maximum Gasteiger partial charge on any atom is 0.119 e. The van der Waals surface area contributed by atoms with E-state index in [1.807, 2.05) is 24.3 Å². The van der Waals surface area contributed by atoms with Crippen LogP contribution in [0.1, 0.15) is 0 Å². The van der Waals surface area contributed by atoms with E-state index in [-0.39, 0.29) is 6.10 Å². The predicted octanol–water partition coefficient (Wildman–Crippen LogP) is 0.750. The number of aliphatic hydroxyl groups excluding tert-OH is 1. The molecular weight excluding hydrogens is 206 g/mol. The van der Waals surface area contributed by atoms with Gasteiger partial charge >= 0.3 is 0 Å². The Morgan fingerprint density at radius 1 is 1.25 bits per heavy atom. The van der Waals surface area contributed by atoms with Crippen LogP contribution in [0.3, 0.4) is 0 Å². The molecular formula is C12H17NO3. The van der Waals surface area contributed by atoms with Crippen molar-refractivity contribution in [2.24, 2.45) is 0 Å². The van der Waals surface area contributed by atoms with Crippen molar-refractivity contribution in [2.75, 3.05) is 33.4 Å². The number of hydrogen-bond donors (Lipinski definition) is 1. The average molecular weight is 223 g/mol. The van der Waals surface area contributed by atoms with E-state index in [1.54, 1.807) is 7.11 Å². The molecule has 1 aliphatic rings. The summed E-state index contributed by atoms with van der Waals surface area (Å²) in [6.45, 7) is 3.06. The number of methoxy groups -OCH3 is 1. The maximum atomic E-state index is 9.10. The van der Waals surface area contributed by atoms with Gasteiger partial charge in [-0.05, 0) is 24.3 Å². The van der Waals surface area contributed by atoms with Crippen molar-refractivity contribution in [2.45, 2.75) is 6.10 Å². The summed E-state index contributed by atoms with van der Waals surface area (Å²) in [6.07, 6.45) is -0.138. The molecule has 2 rings (SSSR count). The fourth-order valence-electron chi connectivity index (χ4n) is 1.69. The molecule has 0 aromatic heterocycles. The van der Waals surface area contributed by atoms with Crippen molar-refractivity contribution in [1.29, 1.82) is 0 Å². The molecule has 0 unspecified atom stereocenters. The Balaban J connectivity index is 1.68. The van der Waals surface area contributed by atoms with Crippen LogP contribution in [0, 0.1) is 0 Å². The zero-order chi connectivity index (χ0) is 11.4. The minimum atomic E-state index is -0.138. The summed E-state index contributed by atoms with van der Waals surface area (Å²) in [6, 6.07) is 7.54. The summed E-state index contributed by atoms with van der Waals surface area (Å²) in [5, 5.41) is 9.10. The smallest absolute Gasteiger partial charge is 0.119 e. The standard InChI is InChI=1S/C12H17NO3/c1-15-11-2-4-12(5-3-11)16-7-6-13-8-10(14)9-13/h2-5,10,14H,6-9H2,1H3. The zero-order valence-corrected chi connectivity index (χ0v) is 9.43. The highest BCUT2D eigenvalue weighted by molar-refractivity contribution is 5.31. The van der Waals surface area contributed by atoms with Crippen LogP contribution in [0.4, 0.5) is 0 Å². The molecule has 1 aromatic rings. The molecule has 1 aromatic carbocycles. The fraction of sp³-hybridized carbons (Fsp3) is 0.500. The number of ether oxygens (including phenoxy) is 2. The Kier molecular flexibility index (Phi) is 3.64. The van der Waals surface area contributed by atoms with Crippen LogP contribution in [0.15, 0.2) is 24.3 Å². The topological polar surface area (TPSA) is 41.9 Å². The van der Waals surface area contributed by atoms with Crippen LogP contribution in [0.2, 0.25) is 0 Å². The molecule has 1 saturated heterocycles. The van der Waals surface area contributed by atoms with Crippen molar-refractivity contribution < 1.29 is 14.6 Å². The summed E-state index contributed by atoms with van der Waals surface area (Å²) < 4.78 is 10.6. The highest BCUT2D eigenvalue weighted by atomic mass is 16.5. The Labute approximate surface area is 95.4 Å². The second kappa shape index (κ2) is 5.18. The van der Waals surface area contributed by atoms with E-state index in [0.29, 0.717) is 6.61 Å². The van der Waals surface area contributed by atoms with Crippen LogP contribution < -0.4 is 9.47 Å².